The maximum atomic E-state index is 12.5. The second-order valence-electron chi connectivity index (χ2n) is 6.49. The van der Waals surface area contributed by atoms with E-state index in [4.69, 9.17) is 0 Å². The zero-order valence-electron chi connectivity index (χ0n) is 14.8. The van der Waals surface area contributed by atoms with Gasteiger partial charge in [-0.3, -0.25) is 19.3 Å². The monoisotopic (exact) mass is 352 g/mol. The number of rotatable bonds is 5. The van der Waals surface area contributed by atoms with Gasteiger partial charge in [0.1, 0.15) is 5.65 Å². The van der Waals surface area contributed by atoms with Gasteiger partial charge in [-0.1, -0.05) is 44.2 Å². The molecule has 0 aliphatic heterocycles. The lowest BCUT2D eigenvalue weighted by Crippen LogP contribution is -2.22. The van der Waals surface area contributed by atoms with Gasteiger partial charge in [-0.25, -0.2) is 4.98 Å². The van der Waals surface area contributed by atoms with E-state index in [0.29, 0.717) is 11.6 Å². The molecule has 134 valence electrons. The van der Waals surface area contributed by atoms with Crippen molar-refractivity contribution in [2.75, 3.05) is 5.32 Å². The Bertz CT molecular complexity index is 1010. The maximum Gasteiger partial charge on any atom is 0.376 e. The highest BCUT2D eigenvalue weighted by atomic mass is 16.6. The van der Waals surface area contributed by atoms with E-state index in [0.717, 1.165) is 5.56 Å². The fraction of sp³-hybridized carbons (Fsp3) is 0.263. The number of hydrogen-bond donors (Lipinski definition) is 1. The van der Waals surface area contributed by atoms with Crippen molar-refractivity contribution in [3.63, 3.8) is 0 Å². The molecular weight excluding hydrogens is 332 g/mol. The number of anilines is 1. The Balaban J connectivity index is 2.00. The van der Waals surface area contributed by atoms with Crippen LogP contribution in [0.2, 0.25) is 0 Å². The molecule has 0 saturated heterocycles. The van der Waals surface area contributed by atoms with Crippen molar-refractivity contribution in [3.05, 3.63) is 80.3 Å². The summed E-state index contributed by atoms with van der Waals surface area (Å²) in [6.45, 7) is 6.11. The van der Waals surface area contributed by atoms with Gasteiger partial charge in [0.25, 0.3) is 0 Å². The third-order valence-corrected chi connectivity index (χ3v) is 4.35. The Morgan fingerprint density at radius 2 is 1.73 bits per heavy atom. The topological polar surface area (TPSA) is 89.5 Å². The van der Waals surface area contributed by atoms with E-state index < -0.39 is 16.2 Å². The summed E-state index contributed by atoms with van der Waals surface area (Å²) in [6.07, 6.45) is 1.47. The summed E-state index contributed by atoms with van der Waals surface area (Å²) < 4.78 is 1.17. The molecule has 3 rings (SSSR count). The van der Waals surface area contributed by atoms with Gasteiger partial charge in [-0.05, 0) is 36.1 Å². The Morgan fingerprint density at radius 3 is 2.35 bits per heavy atom. The lowest BCUT2D eigenvalue weighted by Gasteiger charge is -2.16. The standard InChI is InChI=1S/C19H20N4O3/c1-12(2)14-7-9-15(10-8-14)13(3)20-18-17(23(25)26)19(24)22-11-5-4-6-16(22)21-18/h4-13,20H,1-3H3. The van der Waals surface area contributed by atoms with Crippen molar-refractivity contribution in [1.29, 1.82) is 0 Å². The van der Waals surface area contributed by atoms with Crippen molar-refractivity contribution in [3.8, 4) is 0 Å². The Morgan fingerprint density at radius 1 is 1.08 bits per heavy atom. The zero-order chi connectivity index (χ0) is 18.8. The van der Waals surface area contributed by atoms with E-state index in [1.54, 1.807) is 18.2 Å². The van der Waals surface area contributed by atoms with E-state index in [-0.39, 0.29) is 11.9 Å². The van der Waals surface area contributed by atoms with E-state index in [1.165, 1.54) is 16.2 Å². The summed E-state index contributed by atoms with van der Waals surface area (Å²) in [7, 11) is 0. The van der Waals surface area contributed by atoms with Crippen LogP contribution in [0.3, 0.4) is 0 Å². The van der Waals surface area contributed by atoms with Crippen molar-refractivity contribution in [1.82, 2.24) is 9.38 Å². The minimum absolute atomic E-state index is 0.0216. The molecule has 0 aliphatic rings. The van der Waals surface area contributed by atoms with E-state index in [9.17, 15) is 14.9 Å². The highest BCUT2D eigenvalue weighted by molar-refractivity contribution is 5.60. The van der Waals surface area contributed by atoms with Gasteiger partial charge in [0.15, 0.2) is 0 Å². The van der Waals surface area contributed by atoms with Crippen LogP contribution >= 0.6 is 0 Å². The molecule has 2 heterocycles. The number of nitro groups is 1. The molecule has 2 aromatic heterocycles. The fourth-order valence-corrected chi connectivity index (χ4v) is 2.80. The van der Waals surface area contributed by atoms with E-state index >= 15 is 0 Å². The smallest absolute Gasteiger partial charge is 0.358 e. The largest absolute Gasteiger partial charge is 0.376 e. The molecule has 1 unspecified atom stereocenters. The Kier molecular flexibility index (Phi) is 4.71. The zero-order valence-corrected chi connectivity index (χ0v) is 14.8. The molecule has 0 saturated carbocycles. The first-order valence-electron chi connectivity index (χ1n) is 8.40. The van der Waals surface area contributed by atoms with Crippen LogP contribution in [0, 0.1) is 10.1 Å². The second-order valence-corrected chi connectivity index (χ2v) is 6.49. The second kappa shape index (κ2) is 6.95. The average molecular weight is 352 g/mol. The predicted molar refractivity (Wildman–Crippen MR) is 101 cm³/mol. The number of nitrogens with one attached hydrogen (secondary N) is 1. The van der Waals surface area contributed by atoms with Crippen LogP contribution in [0.15, 0.2) is 53.5 Å². The molecule has 1 aromatic carbocycles. The molecule has 1 N–H and O–H groups in total. The summed E-state index contributed by atoms with van der Waals surface area (Å²) in [6, 6.07) is 12.8. The van der Waals surface area contributed by atoms with Crippen molar-refractivity contribution < 1.29 is 4.92 Å². The third-order valence-electron chi connectivity index (χ3n) is 4.35. The van der Waals surface area contributed by atoms with Gasteiger partial charge in [-0.15, -0.1) is 0 Å². The lowest BCUT2D eigenvalue weighted by atomic mass is 9.99. The number of aromatic nitrogens is 2. The van der Waals surface area contributed by atoms with Gasteiger partial charge in [0.05, 0.1) is 11.0 Å². The minimum Gasteiger partial charge on any atom is -0.358 e. The molecule has 26 heavy (non-hydrogen) atoms. The summed E-state index contributed by atoms with van der Waals surface area (Å²) in [4.78, 5) is 27.5. The van der Waals surface area contributed by atoms with Crippen molar-refractivity contribution in [2.45, 2.75) is 32.7 Å². The minimum atomic E-state index is -0.703. The van der Waals surface area contributed by atoms with Gasteiger partial charge in [0.2, 0.25) is 5.82 Å². The number of hydrogen-bond acceptors (Lipinski definition) is 5. The van der Waals surface area contributed by atoms with Gasteiger partial charge < -0.3 is 5.32 Å². The van der Waals surface area contributed by atoms with E-state index in [1.807, 2.05) is 31.2 Å². The van der Waals surface area contributed by atoms with Gasteiger partial charge in [0, 0.05) is 6.20 Å². The first kappa shape index (κ1) is 17.6. The average Bonchev–Trinajstić information content (AvgIpc) is 2.61. The number of pyridine rings is 1. The number of fused-ring (bicyclic) bond motifs is 1. The normalized spacial score (nSPS) is 12.3. The van der Waals surface area contributed by atoms with Gasteiger partial charge >= 0.3 is 11.2 Å². The quantitative estimate of drug-likeness (QED) is 0.555. The summed E-state index contributed by atoms with van der Waals surface area (Å²) in [5.74, 6) is 0.405. The molecule has 0 fully saturated rings. The highest BCUT2D eigenvalue weighted by Gasteiger charge is 2.24. The highest BCUT2D eigenvalue weighted by Crippen LogP contribution is 2.25. The predicted octanol–water partition coefficient (Wildman–Crippen LogP) is 3.90. The van der Waals surface area contributed by atoms with Crippen LogP contribution in [0.5, 0.6) is 0 Å². The summed E-state index contributed by atoms with van der Waals surface area (Å²) in [5, 5.41) is 14.5. The molecule has 0 aliphatic carbocycles. The number of benzene rings is 1. The Labute approximate surface area is 150 Å². The third kappa shape index (κ3) is 3.28. The Hall–Kier alpha value is -3.22. The van der Waals surface area contributed by atoms with Crippen LogP contribution in [-0.4, -0.2) is 14.3 Å². The van der Waals surface area contributed by atoms with Crippen LogP contribution in [0.4, 0.5) is 11.5 Å². The molecule has 7 heteroatoms. The SMILES string of the molecule is CC(C)c1ccc(C(C)Nc2nc3ccccn3c(=O)c2[N+](=O)[O-])cc1. The van der Waals surface area contributed by atoms with Gasteiger partial charge in [-0.2, -0.15) is 0 Å². The van der Waals surface area contributed by atoms with Crippen LogP contribution < -0.4 is 10.9 Å². The van der Waals surface area contributed by atoms with Crippen LogP contribution in [0.1, 0.15) is 43.9 Å². The number of nitrogens with zero attached hydrogens (tertiary/aromatic N) is 3. The molecule has 0 bridgehead atoms. The molecule has 1 atom stereocenters. The maximum absolute atomic E-state index is 12.5. The lowest BCUT2D eigenvalue weighted by molar-refractivity contribution is -0.385. The fourth-order valence-electron chi connectivity index (χ4n) is 2.80. The van der Waals surface area contributed by atoms with Crippen molar-refractivity contribution >= 4 is 17.2 Å². The molecule has 0 spiro atoms. The molecular formula is C19H20N4O3. The van der Waals surface area contributed by atoms with Crippen LogP contribution in [0.25, 0.3) is 5.65 Å². The van der Waals surface area contributed by atoms with Crippen molar-refractivity contribution in [2.24, 2.45) is 0 Å². The van der Waals surface area contributed by atoms with E-state index in [2.05, 4.69) is 24.1 Å². The molecule has 0 amide bonds. The first-order valence-corrected chi connectivity index (χ1v) is 8.40. The molecule has 7 nitrogen and oxygen atoms in total. The molecule has 3 aromatic rings. The molecule has 0 radical (unpaired) electrons. The first-order chi connectivity index (χ1) is 12.4. The summed E-state index contributed by atoms with van der Waals surface area (Å²) >= 11 is 0. The summed E-state index contributed by atoms with van der Waals surface area (Å²) in [5.41, 5.74) is 1.27. The van der Waals surface area contributed by atoms with Crippen LogP contribution in [-0.2, 0) is 0 Å².